The molecule has 6 nitrogen and oxygen atoms in total. The second kappa shape index (κ2) is 11.7. The van der Waals surface area contributed by atoms with Gasteiger partial charge >= 0.3 is 0 Å². The minimum Gasteiger partial charge on any atom is -0.354 e. The van der Waals surface area contributed by atoms with Crippen LogP contribution in [0.15, 0.2) is 35.3 Å². The molecule has 2 unspecified atom stereocenters. The van der Waals surface area contributed by atoms with Crippen molar-refractivity contribution in [2.24, 2.45) is 12.0 Å². The summed E-state index contributed by atoms with van der Waals surface area (Å²) < 4.78 is 1.96. The van der Waals surface area contributed by atoms with Crippen LogP contribution in [-0.2, 0) is 13.5 Å². The monoisotopic (exact) mass is 524 g/mol. The molecule has 30 heavy (non-hydrogen) atoms. The summed E-state index contributed by atoms with van der Waals surface area (Å²) >= 11 is 0. The average Bonchev–Trinajstić information content (AvgIpc) is 3.33. The number of benzene rings is 1. The first-order valence-electron chi connectivity index (χ1n) is 10.7. The quantitative estimate of drug-likeness (QED) is 0.330. The van der Waals surface area contributed by atoms with Crippen molar-refractivity contribution in [2.75, 3.05) is 26.7 Å². The summed E-state index contributed by atoms with van der Waals surface area (Å²) in [4.78, 5) is 7.05. The van der Waals surface area contributed by atoms with Gasteiger partial charge in [-0.05, 0) is 64.3 Å². The number of rotatable bonds is 7. The fourth-order valence-corrected chi connectivity index (χ4v) is 4.28. The van der Waals surface area contributed by atoms with Crippen LogP contribution in [0.25, 0.3) is 0 Å². The molecule has 1 fully saturated rings. The fraction of sp³-hybridized carbons (Fsp3) is 0.565. The van der Waals surface area contributed by atoms with E-state index >= 15 is 0 Å². The Morgan fingerprint density at radius 1 is 1.17 bits per heavy atom. The minimum absolute atomic E-state index is 0. The summed E-state index contributed by atoms with van der Waals surface area (Å²) in [6, 6.07) is 11.5. The van der Waals surface area contributed by atoms with Gasteiger partial charge < -0.3 is 10.6 Å². The zero-order valence-corrected chi connectivity index (χ0v) is 21.3. The first kappa shape index (κ1) is 24.7. The molecule has 7 heteroatoms. The maximum Gasteiger partial charge on any atom is 0.191 e. The highest BCUT2D eigenvalue weighted by Gasteiger charge is 2.23. The molecule has 2 heterocycles. The summed E-state index contributed by atoms with van der Waals surface area (Å²) in [5.74, 6) is 0.858. The summed E-state index contributed by atoms with van der Waals surface area (Å²) in [6.07, 6.45) is 3.51. The zero-order chi connectivity index (χ0) is 20.8. The van der Waals surface area contributed by atoms with Crippen LogP contribution in [0.2, 0.25) is 0 Å². The largest absolute Gasteiger partial charge is 0.354 e. The Bertz CT molecular complexity index is 811. The van der Waals surface area contributed by atoms with Gasteiger partial charge in [-0.15, -0.1) is 24.0 Å². The van der Waals surface area contributed by atoms with E-state index in [2.05, 4.69) is 76.7 Å². The molecule has 3 rings (SSSR count). The van der Waals surface area contributed by atoms with Crippen LogP contribution >= 0.6 is 24.0 Å². The summed E-state index contributed by atoms with van der Waals surface area (Å²) in [5, 5.41) is 11.7. The van der Waals surface area contributed by atoms with E-state index in [-0.39, 0.29) is 30.0 Å². The standard InChI is InChI=1S/C23H36N6.HI/c1-17(15-21-18(2)27-28(5)19(21)3)26-23(24-4)25-16-22(29-13-9-10-14-29)20-11-7-6-8-12-20;/h6-8,11-12,17,22H,9-10,13-16H2,1-5H3,(H2,24,25,26);1H. The Kier molecular flexibility index (Phi) is 9.61. The lowest BCUT2D eigenvalue weighted by Gasteiger charge is -2.29. The van der Waals surface area contributed by atoms with Gasteiger partial charge in [-0.1, -0.05) is 30.3 Å². The van der Waals surface area contributed by atoms with Gasteiger partial charge in [0.2, 0.25) is 0 Å². The molecule has 1 aromatic heterocycles. The number of aromatic nitrogens is 2. The van der Waals surface area contributed by atoms with E-state index in [1.807, 2.05) is 18.8 Å². The van der Waals surface area contributed by atoms with E-state index < -0.39 is 0 Å². The molecule has 1 aromatic carbocycles. The molecular weight excluding hydrogens is 487 g/mol. The molecule has 1 aliphatic rings. The van der Waals surface area contributed by atoms with Crippen LogP contribution in [0.1, 0.15) is 48.3 Å². The number of nitrogens with zero attached hydrogens (tertiary/aromatic N) is 4. The molecule has 0 bridgehead atoms. The van der Waals surface area contributed by atoms with Crippen LogP contribution in [0.3, 0.4) is 0 Å². The zero-order valence-electron chi connectivity index (χ0n) is 19.0. The second-order valence-corrected chi connectivity index (χ2v) is 8.15. The molecule has 0 amide bonds. The number of nitrogens with one attached hydrogen (secondary N) is 2. The highest BCUT2D eigenvalue weighted by Crippen LogP contribution is 2.24. The van der Waals surface area contributed by atoms with Gasteiger partial charge in [-0.2, -0.15) is 5.10 Å². The van der Waals surface area contributed by atoms with Gasteiger partial charge in [-0.25, -0.2) is 0 Å². The van der Waals surface area contributed by atoms with E-state index in [4.69, 9.17) is 0 Å². The number of hydrogen-bond donors (Lipinski definition) is 2. The molecule has 2 N–H and O–H groups in total. The number of likely N-dealkylation sites (tertiary alicyclic amines) is 1. The molecule has 0 saturated carbocycles. The molecule has 1 aliphatic heterocycles. The van der Waals surface area contributed by atoms with Crippen LogP contribution < -0.4 is 10.6 Å². The third-order valence-corrected chi connectivity index (χ3v) is 6.00. The molecule has 0 aliphatic carbocycles. The Balaban J connectivity index is 0.00000320. The Hall–Kier alpha value is -1.61. The Morgan fingerprint density at radius 3 is 2.40 bits per heavy atom. The summed E-state index contributed by atoms with van der Waals surface area (Å²) in [7, 11) is 3.85. The number of halogens is 1. The molecule has 0 spiro atoms. The van der Waals surface area contributed by atoms with Crippen molar-refractivity contribution in [1.82, 2.24) is 25.3 Å². The molecule has 2 aromatic rings. The predicted octanol–water partition coefficient (Wildman–Crippen LogP) is 3.59. The first-order chi connectivity index (χ1) is 14.0. The van der Waals surface area contributed by atoms with Crippen LogP contribution in [0.5, 0.6) is 0 Å². The van der Waals surface area contributed by atoms with E-state index in [1.54, 1.807) is 0 Å². The SMILES string of the molecule is CN=C(NCC(c1ccccc1)N1CCCC1)NC(C)Cc1c(C)nn(C)c1C.I. The van der Waals surface area contributed by atoms with Gasteiger partial charge in [0.1, 0.15) is 0 Å². The van der Waals surface area contributed by atoms with Crippen LogP contribution in [-0.4, -0.2) is 53.4 Å². The highest BCUT2D eigenvalue weighted by molar-refractivity contribution is 14.0. The number of aryl methyl sites for hydroxylation is 2. The van der Waals surface area contributed by atoms with E-state index in [0.29, 0.717) is 6.04 Å². The second-order valence-electron chi connectivity index (χ2n) is 8.15. The van der Waals surface area contributed by atoms with E-state index in [0.717, 1.165) is 24.6 Å². The number of hydrogen-bond acceptors (Lipinski definition) is 3. The lowest BCUT2D eigenvalue weighted by atomic mass is 10.1. The molecular formula is C23H37IN6. The van der Waals surface area contributed by atoms with Gasteiger partial charge in [0.05, 0.1) is 11.7 Å². The van der Waals surface area contributed by atoms with Gasteiger partial charge in [-0.3, -0.25) is 14.6 Å². The third-order valence-electron chi connectivity index (χ3n) is 6.00. The number of aliphatic imine (C=N–C) groups is 1. The minimum atomic E-state index is 0. The summed E-state index contributed by atoms with van der Waals surface area (Å²) in [5.41, 5.74) is 5.03. The maximum atomic E-state index is 4.54. The van der Waals surface area contributed by atoms with Crippen molar-refractivity contribution < 1.29 is 0 Å². The Labute approximate surface area is 198 Å². The van der Waals surface area contributed by atoms with Crippen molar-refractivity contribution >= 4 is 29.9 Å². The number of guanidine groups is 1. The van der Waals surface area contributed by atoms with E-state index in [1.165, 1.54) is 42.8 Å². The van der Waals surface area contributed by atoms with Crippen LogP contribution in [0, 0.1) is 13.8 Å². The van der Waals surface area contributed by atoms with Gasteiger partial charge in [0, 0.05) is 32.4 Å². The molecule has 0 radical (unpaired) electrons. The van der Waals surface area contributed by atoms with Gasteiger partial charge in [0.25, 0.3) is 0 Å². The van der Waals surface area contributed by atoms with Crippen molar-refractivity contribution in [3.63, 3.8) is 0 Å². The predicted molar refractivity (Wildman–Crippen MR) is 136 cm³/mol. The van der Waals surface area contributed by atoms with Crippen LogP contribution in [0.4, 0.5) is 0 Å². The highest BCUT2D eigenvalue weighted by atomic mass is 127. The molecule has 166 valence electrons. The summed E-state index contributed by atoms with van der Waals surface area (Å²) in [6.45, 7) is 9.61. The average molecular weight is 524 g/mol. The van der Waals surface area contributed by atoms with Crippen molar-refractivity contribution in [1.29, 1.82) is 0 Å². The first-order valence-corrected chi connectivity index (χ1v) is 10.7. The topological polar surface area (TPSA) is 57.5 Å². The maximum absolute atomic E-state index is 4.54. The van der Waals surface area contributed by atoms with Crippen molar-refractivity contribution in [2.45, 2.75) is 52.1 Å². The lowest BCUT2D eigenvalue weighted by Crippen LogP contribution is -2.46. The normalized spacial score (nSPS) is 16.8. The van der Waals surface area contributed by atoms with Crippen molar-refractivity contribution in [3.05, 3.63) is 52.8 Å². The molecule has 1 saturated heterocycles. The Morgan fingerprint density at radius 2 is 1.83 bits per heavy atom. The smallest absolute Gasteiger partial charge is 0.191 e. The van der Waals surface area contributed by atoms with Crippen molar-refractivity contribution in [3.8, 4) is 0 Å². The molecule has 2 atom stereocenters. The van der Waals surface area contributed by atoms with Gasteiger partial charge in [0.15, 0.2) is 5.96 Å². The fourth-order valence-electron chi connectivity index (χ4n) is 4.28. The third kappa shape index (κ3) is 6.20. The van der Waals surface area contributed by atoms with E-state index in [9.17, 15) is 0 Å². The lowest BCUT2D eigenvalue weighted by molar-refractivity contribution is 0.245.